The van der Waals surface area contributed by atoms with Crippen molar-refractivity contribution in [3.8, 4) is 0 Å². The van der Waals surface area contributed by atoms with Crippen molar-refractivity contribution in [2.75, 3.05) is 7.11 Å². The molecule has 0 fully saturated rings. The molecule has 1 unspecified atom stereocenters. The SMILES string of the molecule is COC(=O)C(C)(CC(C)C)C(=O)OCc1ccccc1. The fourth-order valence-electron chi connectivity index (χ4n) is 2.17. The van der Waals surface area contributed by atoms with Crippen LogP contribution in [0.15, 0.2) is 30.3 Å². The van der Waals surface area contributed by atoms with Gasteiger partial charge in [0.2, 0.25) is 0 Å². The zero-order valence-electron chi connectivity index (χ0n) is 12.5. The van der Waals surface area contributed by atoms with Gasteiger partial charge in [-0.3, -0.25) is 9.59 Å². The Bertz CT molecular complexity index is 453. The normalized spacial score (nSPS) is 13.7. The summed E-state index contributed by atoms with van der Waals surface area (Å²) in [5.74, 6) is -0.908. The average Bonchev–Trinajstić information content (AvgIpc) is 2.43. The Morgan fingerprint density at radius 1 is 1.15 bits per heavy atom. The fourth-order valence-corrected chi connectivity index (χ4v) is 2.17. The Balaban J connectivity index is 2.76. The van der Waals surface area contributed by atoms with Crippen LogP contribution in [0.5, 0.6) is 0 Å². The van der Waals surface area contributed by atoms with Gasteiger partial charge in [0.25, 0.3) is 0 Å². The van der Waals surface area contributed by atoms with Crippen molar-refractivity contribution < 1.29 is 19.1 Å². The highest BCUT2D eigenvalue weighted by Crippen LogP contribution is 2.29. The first-order valence-corrected chi connectivity index (χ1v) is 6.69. The lowest BCUT2D eigenvalue weighted by Crippen LogP contribution is -2.40. The summed E-state index contributed by atoms with van der Waals surface area (Å²) in [6.45, 7) is 5.63. The van der Waals surface area contributed by atoms with Crippen molar-refractivity contribution in [2.45, 2.75) is 33.8 Å². The number of hydrogen-bond acceptors (Lipinski definition) is 4. The third kappa shape index (κ3) is 4.08. The van der Waals surface area contributed by atoms with Gasteiger partial charge >= 0.3 is 11.9 Å². The standard InChI is InChI=1S/C16H22O4/c1-12(2)10-16(3,14(17)19-4)15(18)20-11-13-8-6-5-7-9-13/h5-9,12H,10-11H2,1-4H3. The highest BCUT2D eigenvalue weighted by Gasteiger charge is 2.44. The minimum Gasteiger partial charge on any atom is -0.468 e. The lowest BCUT2D eigenvalue weighted by Gasteiger charge is -2.26. The van der Waals surface area contributed by atoms with Crippen LogP contribution in [0, 0.1) is 11.3 Å². The molecular weight excluding hydrogens is 256 g/mol. The molecule has 1 aromatic rings. The third-order valence-electron chi connectivity index (χ3n) is 3.12. The molecule has 0 saturated carbocycles. The lowest BCUT2D eigenvalue weighted by molar-refractivity contribution is -0.171. The van der Waals surface area contributed by atoms with Gasteiger partial charge in [0.05, 0.1) is 7.11 Å². The van der Waals surface area contributed by atoms with E-state index in [4.69, 9.17) is 9.47 Å². The Kier molecular flexibility index (Phi) is 5.74. The minimum absolute atomic E-state index is 0.157. The fraction of sp³-hybridized carbons (Fsp3) is 0.500. The second-order valence-corrected chi connectivity index (χ2v) is 5.48. The van der Waals surface area contributed by atoms with E-state index in [0.717, 1.165) is 5.56 Å². The average molecular weight is 278 g/mol. The highest BCUT2D eigenvalue weighted by molar-refractivity contribution is 5.99. The lowest BCUT2D eigenvalue weighted by atomic mass is 9.82. The maximum Gasteiger partial charge on any atom is 0.323 e. The molecule has 0 radical (unpaired) electrons. The molecule has 0 amide bonds. The van der Waals surface area contributed by atoms with Crippen molar-refractivity contribution in [3.63, 3.8) is 0 Å². The van der Waals surface area contributed by atoms with E-state index in [1.807, 2.05) is 44.2 Å². The Hall–Kier alpha value is -1.84. The maximum absolute atomic E-state index is 12.3. The van der Waals surface area contributed by atoms with Gasteiger partial charge in [-0.05, 0) is 24.8 Å². The smallest absolute Gasteiger partial charge is 0.323 e. The van der Waals surface area contributed by atoms with Crippen molar-refractivity contribution in [2.24, 2.45) is 11.3 Å². The zero-order valence-corrected chi connectivity index (χ0v) is 12.5. The van der Waals surface area contributed by atoms with E-state index in [1.54, 1.807) is 6.92 Å². The first-order chi connectivity index (χ1) is 9.40. The number of esters is 2. The van der Waals surface area contributed by atoms with Crippen LogP contribution in [0.4, 0.5) is 0 Å². The topological polar surface area (TPSA) is 52.6 Å². The van der Waals surface area contributed by atoms with E-state index in [2.05, 4.69) is 0 Å². The molecule has 1 atom stereocenters. The quantitative estimate of drug-likeness (QED) is 0.593. The molecular formula is C16H22O4. The number of rotatable bonds is 6. The third-order valence-corrected chi connectivity index (χ3v) is 3.12. The molecule has 0 heterocycles. The van der Waals surface area contributed by atoms with Crippen molar-refractivity contribution in [3.05, 3.63) is 35.9 Å². The molecule has 1 rings (SSSR count). The summed E-state index contributed by atoms with van der Waals surface area (Å²) in [5.41, 5.74) is -0.366. The van der Waals surface area contributed by atoms with Crippen molar-refractivity contribution >= 4 is 11.9 Å². The largest absolute Gasteiger partial charge is 0.468 e. The van der Waals surface area contributed by atoms with Crippen molar-refractivity contribution in [1.82, 2.24) is 0 Å². The summed E-state index contributed by atoms with van der Waals surface area (Å²) < 4.78 is 10.0. The van der Waals surface area contributed by atoms with E-state index in [9.17, 15) is 9.59 Å². The summed E-state index contributed by atoms with van der Waals surface area (Å²) in [5, 5.41) is 0. The van der Waals surface area contributed by atoms with E-state index in [-0.39, 0.29) is 12.5 Å². The number of benzene rings is 1. The summed E-state index contributed by atoms with van der Waals surface area (Å²) in [4.78, 5) is 24.2. The summed E-state index contributed by atoms with van der Waals surface area (Å²) in [6.07, 6.45) is 0.396. The molecule has 4 heteroatoms. The summed E-state index contributed by atoms with van der Waals surface area (Å²) in [7, 11) is 1.28. The highest BCUT2D eigenvalue weighted by atomic mass is 16.6. The first kappa shape index (κ1) is 16.2. The second kappa shape index (κ2) is 7.08. The van der Waals surface area contributed by atoms with Gasteiger partial charge in [-0.15, -0.1) is 0 Å². The van der Waals surface area contributed by atoms with E-state index >= 15 is 0 Å². The maximum atomic E-state index is 12.3. The molecule has 0 N–H and O–H groups in total. The predicted octanol–water partition coefficient (Wildman–Crippen LogP) is 2.96. The Morgan fingerprint density at radius 3 is 2.25 bits per heavy atom. The van der Waals surface area contributed by atoms with Gasteiger partial charge in [0.1, 0.15) is 6.61 Å². The number of methoxy groups -OCH3 is 1. The Labute approximate surface area is 120 Å². The second-order valence-electron chi connectivity index (χ2n) is 5.48. The number of carbonyl (C=O) groups excluding carboxylic acids is 2. The molecule has 20 heavy (non-hydrogen) atoms. The van der Waals surface area contributed by atoms with E-state index in [0.29, 0.717) is 6.42 Å². The van der Waals surface area contributed by atoms with Crippen LogP contribution in [0.1, 0.15) is 32.8 Å². The molecule has 0 bridgehead atoms. The van der Waals surface area contributed by atoms with Crippen LogP contribution in [0.3, 0.4) is 0 Å². The molecule has 1 aromatic carbocycles. The molecule has 0 aliphatic rings. The molecule has 0 aliphatic heterocycles. The summed E-state index contributed by atoms with van der Waals surface area (Å²) >= 11 is 0. The van der Waals surface area contributed by atoms with Crippen LogP contribution in [0.2, 0.25) is 0 Å². The molecule has 4 nitrogen and oxygen atoms in total. The van der Waals surface area contributed by atoms with Crippen molar-refractivity contribution in [1.29, 1.82) is 0 Å². The first-order valence-electron chi connectivity index (χ1n) is 6.69. The van der Waals surface area contributed by atoms with E-state index < -0.39 is 17.4 Å². The van der Waals surface area contributed by atoms with E-state index in [1.165, 1.54) is 7.11 Å². The van der Waals surface area contributed by atoms with Crippen LogP contribution in [-0.2, 0) is 25.7 Å². The van der Waals surface area contributed by atoms with Gasteiger partial charge in [0, 0.05) is 0 Å². The molecule has 0 saturated heterocycles. The van der Waals surface area contributed by atoms with Gasteiger partial charge in [0.15, 0.2) is 5.41 Å². The van der Waals surface area contributed by atoms with Crippen LogP contribution < -0.4 is 0 Å². The number of carbonyl (C=O) groups is 2. The molecule has 110 valence electrons. The number of hydrogen-bond donors (Lipinski definition) is 0. The monoisotopic (exact) mass is 278 g/mol. The number of ether oxygens (including phenoxy) is 2. The minimum atomic E-state index is -1.25. The van der Waals surface area contributed by atoms with Gasteiger partial charge < -0.3 is 9.47 Å². The van der Waals surface area contributed by atoms with Crippen LogP contribution in [-0.4, -0.2) is 19.0 Å². The van der Waals surface area contributed by atoms with Crippen LogP contribution in [0.25, 0.3) is 0 Å². The molecule has 0 aromatic heterocycles. The Morgan fingerprint density at radius 2 is 1.75 bits per heavy atom. The predicted molar refractivity (Wildman–Crippen MR) is 75.8 cm³/mol. The van der Waals surface area contributed by atoms with Gasteiger partial charge in [-0.25, -0.2) is 0 Å². The summed E-state index contributed by atoms with van der Waals surface area (Å²) in [6, 6.07) is 9.37. The van der Waals surface area contributed by atoms with Gasteiger partial charge in [-0.1, -0.05) is 44.2 Å². The molecule has 0 spiro atoms. The van der Waals surface area contributed by atoms with Gasteiger partial charge in [-0.2, -0.15) is 0 Å². The molecule has 0 aliphatic carbocycles. The van der Waals surface area contributed by atoms with Crippen LogP contribution >= 0.6 is 0 Å². The zero-order chi connectivity index (χ0) is 15.2.